The molecule has 0 bridgehead atoms. The van der Waals surface area contributed by atoms with Crippen molar-refractivity contribution in [3.63, 3.8) is 0 Å². The van der Waals surface area contributed by atoms with Crippen molar-refractivity contribution < 1.29 is 9.53 Å². The van der Waals surface area contributed by atoms with E-state index in [4.69, 9.17) is 15.7 Å². The topological polar surface area (TPSA) is 79.3 Å². The number of nitrogens with two attached hydrogens (primary N) is 1. The fraction of sp³-hybridized carbons (Fsp3) is 0.263. The molecular formula is C19H19N3O2. The van der Waals surface area contributed by atoms with Gasteiger partial charge in [-0.3, -0.25) is 9.69 Å². The van der Waals surface area contributed by atoms with Crippen LogP contribution in [0.15, 0.2) is 54.6 Å². The van der Waals surface area contributed by atoms with Crippen LogP contribution in [0.1, 0.15) is 17.5 Å². The third-order valence-electron chi connectivity index (χ3n) is 4.21. The molecule has 1 heterocycles. The summed E-state index contributed by atoms with van der Waals surface area (Å²) in [4.78, 5) is 13.8. The maximum absolute atomic E-state index is 11.8. The molecule has 24 heavy (non-hydrogen) atoms. The van der Waals surface area contributed by atoms with Crippen molar-refractivity contribution in [1.29, 1.82) is 5.26 Å². The zero-order valence-corrected chi connectivity index (χ0v) is 13.3. The van der Waals surface area contributed by atoms with E-state index in [2.05, 4.69) is 6.07 Å². The van der Waals surface area contributed by atoms with Crippen molar-refractivity contribution in [2.24, 2.45) is 5.73 Å². The molecule has 5 nitrogen and oxygen atoms in total. The normalized spacial score (nSPS) is 20.5. The van der Waals surface area contributed by atoms with Gasteiger partial charge in [-0.05, 0) is 29.8 Å². The number of carbonyl (C=O) groups is 1. The third-order valence-corrected chi connectivity index (χ3v) is 4.21. The van der Waals surface area contributed by atoms with Crippen molar-refractivity contribution in [3.05, 3.63) is 65.7 Å². The van der Waals surface area contributed by atoms with Gasteiger partial charge in [0.1, 0.15) is 11.9 Å². The molecule has 0 aromatic heterocycles. The second-order valence-corrected chi connectivity index (χ2v) is 5.94. The van der Waals surface area contributed by atoms with Crippen molar-refractivity contribution in [3.8, 4) is 11.8 Å². The predicted molar refractivity (Wildman–Crippen MR) is 90.0 cm³/mol. The number of para-hydroxylation sites is 1. The quantitative estimate of drug-likeness (QED) is 0.914. The van der Waals surface area contributed by atoms with Gasteiger partial charge in [0.25, 0.3) is 0 Å². The Morgan fingerprint density at radius 2 is 1.92 bits per heavy atom. The Morgan fingerprint density at radius 3 is 2.54 bits per heavy atom. The molecule has 2 aromatic rings. The second kappa shape index (κ2) is 7.16. The summed E-state index contributed by atoms with van der Waals surface area (Å²) < 4.78 is 5.97. The van der Waals surface area contributed by atoms with Gasteiger partial charge in [-0.15, -0.1) is 0 Å². The molecule has 122 valence electrons. The van der Waals surface area contributed by atoms with E-state index in [1.54, 1.807) is 12.1 Å². The lowest BCUT2D eigenvalue weighted by Crippen LogP contribution is -2.39. The molecule has 0 spiro atoms. The van der Waals surface area contributed by atoms with Crippen molar-refractivity contribution in [2.75, 3.05) is 6.54 Å². The summed E-state index contributed by atoms with van der Waals surface area (Å²) in [6.45, 7) is 1.25. The minimum absolute atomic E-state index is 0.0664. The second-order valence-electron chi connectivity index (χ2n) is 5.94. The van der Waals surface area contributed by atoms with Gasteiger partial charge < -0.3 is 10.5 Å². The van der Waals surface area contributed by atoms with Gasteiger partial charge in [-0.25, -0.2) is 0 Å². The van der Waals surface area contributed by atoms with E-state index >= 15 is 0 Å². The summed E-state index contributed by atoms with van der Waals surface area (Å²) in [5.74, 6) is 0.466. The van der Waals surface area contributed by atoms with Crippen LogP contribution in [-0.4, -0.2) is 29.5 Å². The fourth-order valence-corrected chi connectivity index (χ4v) is 3.03. The van der Waals surface area contributed by atoms with Crippen LogP contribution in [0.2, 0.25) is 0 Å². The number of amides is 1. The minimum atomic E-state index is -0.339. The summed E-state index contributed by atoms with van der Waals surface area (Å²) in [5, 5.41) is 8.86. The van der Waals surface area contributed by atoms with Crippen LogP contribution in [0, 0.1) is 11.3 Å². The molecule has 0 radical (unpaired) electrons. The van der Waals surface area contributed by atoms with E-state index in [1.165, 1.54) is 0 Å². The highest BCUT2D eigenvalue weighted by Gasteiger charge is 2.36. The van der Waals surface area contributed by atoms with Gasteiger partial charge in [-0.2, -0.15) is 5.26 Å². The lowest BCUT2D eigenvalue weighted by molar-refractivity contribution is -0.122. The average Bonchev–Trinajstić information content (AvgIpc) is 2.99. The maximum atomic E-state index is 11.8. The lowest BCUT2D eigenvalue weighted by atomic mass is 10.1. The summed E-state index contributed by atoms with van der Waals surface area (Å²) >= 11 is 0. The Morgan fingerprint density at radius 1 is 1.21 bits per heavy atom. The van der Waals surface area contributed by atoms with Crippen LogP contribution in [0.3, 0.4) is 0 Å². The van der Waals surface area contributed by atoms with E-state index in [-0.39, 0.29) is 18.1 Å². The Labute approximate surface area is 141 Å². The van der Waals surface area contributed by atoms with E-state index in [0.717, 1.165) is 11.3 Å². The zero-order valence-electron chi connectivity index (χ0n) is 13.3. The Bertz CT molecular complexity index is 737. The number of hydrogen-bond acceptors (Lipinski definition) is 4. The highest BCUT2D eigenvalue weighted by molar-refractivity contribution is 5.80. The van der Waals surface area contributed by atoms with E-state index in [9.17, 15) is 4.79 Å². The lowest BCUT2D eigenvalue weighted by Gasteiger charge is -2.21. The zero-order chi connectivity index (χ0) is 16.9. The number of likely N-dealkylation sites (tertiary alicyclic amines) is 1. The maximum Gasteiger partial charge on any atom is 0.234 e. The third kappa shape index (κ3) is 3.73. The number of nitriles is 1. The van der Waals surface area contributed by atoms with Crippen LogP contribution in [0.4, 0.5) is 0 Å². The first-order valence-electron chi connectivity index (χ1n) is 7.90. The van der Waals surface area contributed by atoms with Crippen molar-refractivity contribution in [2.45, 2.75) is 25.1 Å². The number of primary amides is 1. The predicted octanol–water partition coefficient (Wildman–Crippen LogP) is 2.07. The van der Waals surface area contributed by atoms with Crippen LogP contribution in [0.25, 0.3) is 0 Å². The highest BCUT2D eigenvalue weighted by atomic mass is 16.5. The highest BCUT2D eigenvalue weighted by Crippen LogP contribution is 2.24. The molecule has 2 atom stereocenters. The van der Waals surface area contributed by atoms with Crippen LogP contribution in [-0.2, 0) is 11.3 Å². The van der Waals surface area contributed by atoms with Crippen LogP contribution in [0.5, 0.6) is 5.75 Å². The summed E-state index contributed by atoms with van der Waals surface area (Å²) in [6.07, 6.45) is 0.517. The molecule has 1 aliphatic rings. The fourth-order valence-electron chi connectivity index (χ4n) is 3.03. The molecule has 1 fully saturated rings. The summed E-state index contributed by atoms with van der Waals surface area (Å²) in [5.41, 5.74) is 7.23. The SMILES string of the molecule is N#Cc1ccc(CN2C[C@@H](Oc3ccccc3)C[C@H]2C(N)=O)cc1. The largest absolute Gasteiger partial charge is 0.489 e. The first-order valence-corrected chi connectivity index (χ1v) is 7.90. The Balaban J connectivity index is 1.68. The molecule has 0 aliphatic carbocycles. The molecule has 1 amide bonds. The smallest absolute Gasteiger partial charge is 0.234 e. The molecule has 2 aromatic carbocycles. The van der Waals surface area contributed by atoms with Gasteiger partial charge in [0.15, 0.2) is 0 Å². The van der Waals surface area contributed by atoms with Gasteiger partial charge in [-0.1, -0.05) is 30.3 Å². The molecule has 2 N–H and O–H groups in total. The average molecular weight is 321 g/mol. The van der Waals surface area contributed by atoms with Gasteiger partial charge in [0, 0.05) is 19.5 Å². The molecule has 0 unspecified atom stereocenters. The van der Waals surface area contributed by atoms with Crippen molar-refractivity contribution in [1.82, 2.24) is 4.90 Å². The number of rotatable bonds is 5. The minimum Gasteiger partial charge on any atom is -0.489 e. The van der Waals surface area contributed by atoms with Gasteiger partial charge in [0.05, 0.1) is 17.7 Å². The van der Waals surface area contributed by atoms with Crippen molar-refractivity contribution >= 4 is 5.91 Å². The number of carbonyl (C=O) groups excluding carboxylic acids is 1. The standard InChI is InChI=1S/C19H19N3O2/c20-11-14-6-8-15(9-7-14)12-22-13-17(10-18(22)19(21)23)24-16-4-2-1-3-5-16/h1-9,17-18H,10,12-13H2,(H2,21,23)/t17-,18-/m0/s1. The number of nitrogens with zero attached hydrogens (tertiary/aromatic N) is 2. The van der Waals surface area contributed by atoms with Gasteiger partial charge in [0.2, 0.25) is 5.91 Å². The summed E-state index contributed by atoms with van der Waals surface area (Å²) in [6, 6.07) is 18.7. The monoisotopic (exact) mass is 321 g/mol. The molecule has 1 aliphatic heterocycles. The van der Waals surface area contributed by atoms with E-state index in [0.29, 0.717) is 25.1 Å². The molecule has 1 saturated heterocycles. The van der Waals surface area contributed by atoms with E-state index in [1.807, 2.05) is 47.4 Å². The first kappa shape index (κ1) is 16.0. The summed E-state index contributed by atoms with van der Waals surface area (Å²) in [7, 11) is 0. The van der Waals surface area contributed by atoms with E-state index < -0.39 is 0 Å². The molecule has 5 heteroatoms. The number of benzene rings is 2. The van der Waals surface area contributed by atoms with Crippen LogP contribution < -0.4 is 10.5 Å². The Kier molecular flexibility index (Phi) is 4.78. The van der Waals surface area contributed by atoms with Gasteiger partial charge >= 0.3 is 0 Å². The molecular weight excluding hydrogens is 302 g/mol. The van der Waals surface area contributed by atoms with Crippen LogP contribution >= 0.6 is 0 Å². The first-order chi connectivity index (χ1) is 11.7. The Hall–Kier alpha value is -2.84. The number of ether oxygens (including phenoxy) is 1. The number of hydrogen-bond donors (Lipinski definition) is 1. The molecule has 3 rings (SSSR count). The molecule has 0 saturated carbocycles.